The van der Waals surface area contributed by atoms with Crippen molar-refractivity contribution < 1.29 is 14.1 Å². The topological polar surface area (TPSA) is 95.1 Å². The zero-order chi connectivity index (χ0) is 20.1. The van der Waals surface area contributed by atoms with Crippen molar-refractivity contribution >= 4 is 5.91 Å². The molecule has 3 aromatic heterocycles. The first-order valence-corrected chi connectivity index (χ1v) is 9.05. The fourth-order valence-corrected chi connectivity index (χ4v) is 2.69. The van der Waals surface area contributed by atoms with Crippen molar-refractivity contribution in [3.05, 3.63) is 89.8 Å². The van der Waals surface area contributed by atoms with Crippen LogP contribution in [0.4, 0.5) is 0 Å². The number of carbonyl (C=O) groups excluding carboxylic acids is 1. The lowest BCUT2D eigenvalue weighted by molar-refractivity contribution is 0.0941. The van der Waals surface area contributed by atoms with E-state index in [0.29, 0.717) is 18.1 Å². The molecule has 0 aliphatic carbocycles. The predicted octanol–water partition coefficient (Wildman–Crippen LogP) is 3.07. The number of pyridine rings is 1. The smallest absolute Gasteiger partial charge is 0.273 e. The van der Waals surface area contributed by atoms with E-state index in [4.69, 9.17) is 9.26 Å². The van der Waals surface area contributed by atoms with Crippen molar-refractivity contribution in [1.29, 1.82) is 0 Å². The molecule has 4 aromatic rings. The fraction of sp³-hybridized carbons (Fsp3) is 0.143. The summed E-state index contributed by atoms with van der Waals surface area (Å²) in [5.74, 6) is 0.757. The highest BCUT2D eigenvalue weighted by molar-refractivity contribution is 5.92. The molecule has 8 nitrogen and oxygen atoms in total. The first kappa shape index (κ1) is 18.4. The van der Waals surface area contributed by atoms with Crippen LogP contribution in [0.1, 0.15) is 27.5 Å². The number of nitrogens with zero attached hydrogens (tertiary/aromatic N) is 4. The second-order valence-electron chi connectivity index (χ2n) is 6.41. The summed E-state index contributed by atoms with van der Waals surface area (Å²) < 4.78 is 12.5. The molecule has 0 spiro atoms. The number of rotatable bonds is 7. The van der Waals surface area contributed by atoms with Gasteiger partial charge < -0.3 is 14.6 Å². The van der Waals surface area contributed by atoms with Crippen molar-refractivity contribution in [3.63, 3.8) is 0 Å². The number of nitrogens with one attached hydrogen (secondary N) is 1. The number of carbonyl (C=O) groups is 1. The summed E-state index contributed by atoms with van der Waals surface area (Å²) in [5, 5.41) is 10.9. The van der Waals surface area contributed by atoms with E-state index in [9.17, 15) is 4.79 Å². The van der Waals surface area contributed by atoms with Crippen LogP contribution in [-0.4, -0.2) is 25.8 Å². The van der Waals surface area contributed by atoms with E-state index in [1.54, 1.807) is 23.1 Å². The van der Waals surface area contributed by atoms with E-state index in [0.717, 1.165) is 16.9 Å². The zero-order valence-electron chi connectivity index (χ0n) is 15.8. The highest BCUT2D eigenvalue weighted by Gasteiger charge is 2.13. The minimum atomic E-state index is -0.318. The zero-order valence-corrected chi connectivity index (χ0v) is 15.8. The number of benzene rings is 1. The molecule has 0 aliphatic rings. The van der Waals surface area contributed by atoms with Gasteiger partial charge in [-0.3, -0.25) is 9.78 Å². The molecule has 0 atom stereocenters. The monoisotopic (exact) mass is 389 g/mol. The Morgan fingerprint density at radius 3 is 2.93 bits per heavy atom. The maximum Gasteiger partial charge on any atom is 0.273 e. The van der Waals surface area contributed by atoms with Gasteiger partial charge in [0.05, 0.1) is 11.9 Å². The normalized spacial score (nSPS) is 10.7. The number of amides is 1. The average Bonchev–Trinajstić information content (AvgIpc) is 3.44. The van der Waals surface area contributed by atoms with Crippen LogP contribution in [0.2, 0.25) is 0 Å². The van der Waals surface area contributed by atoms with Gasteiger partial charge in [-0.1, -0.05) is 17.3 Å². The largest absolute Gasteiger partial charge is 0.484 e. The number of aromatic nitrogens is 4. The Labute approximate surface area is 167 Å². The Morgan fingerprint density at radius 1 is 1.21 bits per heavy atom. The molecular formula is C21H19N5O3. The molecular weight excluding hydrogens is 370 g/mol. The van der Waals surface area contributed by atoms with Crippen molar-refractivity contribution in [3.8, 4) is 11.4 Å². The van der Waals surface area contributed by atoms with Gasteiger partial charge in [-0.25, -0.2) is 4.68 Å². The van der Waals surface area contributed by atoms with Crippen molar-refractivity contribution in [2.45, 2.75) is 20.1 Å². The molecule has 4 rings (SSSR count). The van der Waals surface area contributed by atoms with Gasteiger partial charge in [0.1, 0.15) is 12.4 Å². The van der Waals surface area contributed by atoms with Crippen LogP contribution in [0, 0.1) is 6.92 Å². The lowest BCUT2D eigenvalue weighted by atomic mass is 10.2. The number of aryl methyl sites for hydroxylation is 1. The van der Waals surface area contributed by atoms with Crippen molar-refractivity contribution in [2.75, 3.05) is 0 Å². The highest BCUT2D eigenvalue weighted by atomic mass is 16.5. The van der Waals surface area contributed by atoms with Gasteiger partial charge in [0.15, 0.2) is 11.5 Å². The van der Waals surface area contributed by atoms with Crippen LogP contribution in [0.3, 0.4) is 0 Å². The second-order valence-corrected chi connectivity index (χ2v) is 6.41. The molecule has 146 valence electrons. The van der Waals surface area contributed by atoms with Crippen LogP contribution in [-0.2, 0) is 13.2 Å². The minimum Gasteiger partial charge on any atom is -0.484 e. The van der Waals surface area contributed by atoms with Crippen LogP contribution >= 0.6 is 0 Å². The quantitative estimate of drug-likeness (QED) is 0.522. The number of hydrogen-bond donors (Lipinski definition) is 1. The third kappa shape index (κ3) is 4.67. The Hall–Kier alpha value is -3.94. The molecule has 0 radical (unpaired) electrons. The Morgan fingerprint density at radius 2 is 2.14 bits per heavy atom. The third-order valence-electron chi connectivity index (χ3n) is 4.19. The van der Waals surface area contributed by atoms with Crippen LogP contribution in [0.25, 0.3) is 5.69 Å². The standard InChI is InChI=1S/C21H19N5O3/c1-15-6-7-18(13-22-15)28-14-19-11-20(25-29-19)21(27)23-12-16-4-2-5-17(10-16)26-9-3-8-24-26/h2-11,13H,12,14H2,1H3,(H,23,27). The third-order valence-corrected chi connectivity index (χ3v) is 4.19. The molecule has 0 bridgehead atoms. The first-order chi connectivity index (χ1) is 14.2. The van der Waals surface area contributed by atoms with E-state index >= 15 is 0 Å². The lowest BCUT2D eigenvalue weighted by Crippen LogP contribution is -2.23. The predicted molar refractivity (Wildman–Crippen MR) is 105 cm³/mol. The highest BCUT2D eigenvalue weighted by Crippen LogP contribution is 2.13. The molecule has 0 saturated heterocycles. The molecule has 1 aromatic carbocycles. The fourth-order valence-electron chi connectivity index (χ4n) is 2.69. The molecule has 3 heterocycles. The summed E-state index contributed by atoms with van der Waals surface area (Å²) in [6.07, 6.45) is 5.22. The number of hydrogen-bond acceptors (Lipinski definition) is 6. The second kappa shape index (κ2) is 8.39. The maximum absolute atomic E-state index is 12.4. The van der Waals surface area contributed by atoms with Gasteiger partial charge in [0.25, 0.3) is 5.91 Å². The molecule has 1 N–H and O–H groups in total. The van der Waals surface area contributed by atoms with Gasteiger partial charge >= 0.3 is 0 Å². The van der Waals surface area contributed by atoms with Gasteiger partial charge in [-0.05, 0) is 42.8 Å². The summed E-state index contributed by atoms with van der Waals surface area (Å²) >= 11 is 0. The summed E-state index contributed by atoms with van der Waals surface area (Å²) in [6, 6.07) is 14.9. The van der Waals surface area contributed by atoms with E-state index in [1.165, 1.54) is 0 Å². The van der Waals surface area contributed by atoms with Crippen LogP contribution < -0.4 is 10.1 Å². The molecule has 0 unspecified atom stereocenters. The maximum atomic E-state index is 12.4. The van der Waals surface area contributed by atoms with Gasteiger partial charge in [-0.2, -0.15) is 5.10 Å². The summed E-state index contributed by atoms with van der Waals surface area (Å²) in [4.78, 5) is 16.5. The summed E-state index contributed by atoms with van der Waals surface area (Å²) in [6.45, 7) is 2.43. The molecule has 0 aliphatic heterocycles. The van der Waals surface area contributed by atoms with Crippen LogP contribution in [0.5, 0.6) is 5.75 Å². The summed E-state index contributed by atoms with van der Waals surface area (Å²) in [7, 11) is 0. The molecule has 0 saturated carbocycles. The molecule has 0 fully saturated rings. The Bertz CT molecular complexity index is 1090. The van der Waals surface area contributed by atoms with Gasteiger partial charge in [-0.15, -0.1) is 0 Å². The molecule has 29 heavy (non-hydrogen) atoms. The Kier molecular flexibility index (Phi) is 5.33. The minimum absolute atomic E-state index is 0.164. The molecule has 8 heteroatoms. The number of ether oxygens (including phenoxy) is 1. The van der Waals surface area contributed by atoms with E-state index in [2.05, 4.69) is 20.6 Å². The first-order valence-electron chi connectivity index (χ1n) is 9.05. The Balaban J connectivity index is 1.32. The van der Waals surface area contributed by atoms with E-state index in [-0.39, 0.29) is 18.2 Å². The van der Waals surface area contributed by atoms with Crippen molar-refractivity contribution in [1.82, 2.24) is 25.2 Å². The molecule has 1 amide bonds. The lowest BCUT2D eigenvalue weighted by Gasteiger charge is -2.06. The average molecular weight is 389 g/mol. The van der Waals surface area contributed by atoms with Gasteiger partial charge in [0.2, 0.25) is 0 Å². The van der Waals surface area contributed by atoms with Crippen LogP contribution in [0.15, 0.2) is 71.6 Å². The van der Waals surface area contributed by atoms with Crippen molar-refractivity contribution in [2.24, 2.45) is 0 Å². The van der Waals surface area contributed by atoms with E-state index < -0.39 is 0 Å². The SMILES string of the molecule is Cc1ccc(OCc2cc(C(=O)NCc3cccc(-n4cccn4)c3)no2)cn1. The summed E-state index contributed by atoms with van der Waals surface area (Å²) in [5.41, 5.74) is 2.98. The van der Waals surface area contributed by atoms with Gasteiger partial charge in [0, 0.05) is 30.7 Å². The van der Waals surface area contributed by atoms with E-state index in [1.807, 2.05) is 55.6 Å².